The third-order valence-corrected chi connectivity index (χ3v) is 5.87. The second kappa shape index (κ2) is 10.5. The van der Waals surface area contributed by atoms with Crippen molar-refractivity contribution in [2.75, 3.05) is 38.4 Å². The number of benzene rings is 3. The van der Waals surface area contributed by atoms with Gasteiger partial charge in [-0.25, -0.2) is 4.39 Å². The molecule has 3 aromatic rings. The zero-order valence-electron chi connectivity index (χ0n) is 20.0. The maximum Gasteiger partial charge on any atom is 0.309 e. The van der Waals surface area contributed by atoms with Gasteiger partial charge in [-0.3, -0.25) is 9.59 Å². The molecule has 4 rings (SSSR count). The van der Waals surface area contributed by atoms with E-state index in [2.05, 4.69) is 27.7 Å². The van der Waals surface area contributed by atoms with E-state index >= 15 is 0 Å². The second-order valence-corrected chi connectivity index (χ2v) is 8.72. The number of likely N-dealkylation sites (N-methyl/N-ethyl adjacent to an activating group) is 1. The van der Waals surface area contributed by atoms with Crippen molar-refractivity contribution >= 4 is 34.5 Å². The third-order valence-electron chi connectivity index (χ3n) is 5.87. The summed E-state index contributed by atoms with van der Waals surface area (Å²) in [6.07, 6.45) is 1.09. The first-order valence-electron chi connectivity index (χ1n) is 11.4. The lowest BCUT2D eigenvalue weighted by Crippen LogP contribution is -2.15. The number of rotatable bonds is 8. The van der Waals surface area contributed by atoms with Crippen molar-refractivity contribution in [1.82, 2.24) is 4.90 Å². The van der Waals surface area contributed by atoms with Gasteiger partial charge in [-0.1, -0.05) is 36.4 Å². The summed E-state index contributed by atoms with van der Waals surface area (Å²) in [5.41, 5.74) is 5.68. The number of amides is 1. The lowest BCUT2D eigenvalue weighted by molar-refractivity contribution is -0.139. The summed E-state index contributed by atoms with van der Waals surface area (Å²) >= 11 is 0. The monoisotopic (exact) mass is 473 g/mol. The first-order valence-corrected chi connectivity index (χ1v) is 11.4. The fourth-order valence-corrected chi connectivity index (χ4v) is 3.95. The van der Waals surface area contributed by atoms with Crippen molar-refractivity contribution in [1.29, 1.82) is 0 Å². The number of hydrogen-bond acceptors (Lipinski definition) is 5. The number of fused-ring (bicyclic) bond motifs is 1. The summed E-state index contributed by atoms with van der Waals surface area (Å²) in [4.78, 5) is 26.8. The Morgan fingerprint density at radius 1 is 1.00 bits per heavy atom. The first-order chi connectivity index (χ1) is 16.8. The van der Waals surface area contributed by atoms with Crippen LogP contribution in [0.25, 0.3) is 11.3 Å². The molecule has 35 heavy (non-hydrogen) atoms. The fourth-order valence-electron chi connectivity index (χ4n) is 3.95. The van der Waals surface area contributed by atoms with Crippen LogP contribution in [0.1, 0.15) is 22.3 Å². The van der Waals surface area contributed by atoms with Gasteiger partial charge in [-0.15, -0.1) is 0 Å². The normalized spacial score (nSPS) is 13.9. The number of halogens is 1. The van der Waals surface area contributed by atoms with Gasteiger partial charge in [0.1, 0.15) is 5.82 Å². The minimum Gasteiger partial charge on any atom is -0.469 e. The molecule has 0 radical (unpaired) electrons. The molecule has 0 fully saturated rings. The predicted octanol–water partition coefficient (Wildman–Crippen LogP) is 4.58. The number of carbonyl (C=O) groups is 2. The Bertz CT molecular complexity index is 1270. The number of methoxy groups -OCH3 is 1. The van der Waals surface area contributed by atoms with Gasteiger partial charge in [0.2, 0.25) is 0 Å². The Morgan fingerprint density at radius 2 is 1.69 bits per heavy atom. The molecule has 0 atom stereocenters. The van der Waals surface area contributed by atoms with Crippen LogP contribution in [0.2, 0.25) is 0 Å². The molecule has 1 amide bonds. The van der Waals surface area contributed by atoms with E-state index in [0.29, 0.717) is 22.5 Å². The van der Waals surface area contributed by atoms with E-state index in [0.717, 1.165) is 29.8 Å². The minimum absolute atomic E-state index is 0.160. The van der Waals surface area contributed by atoms with E-state index < -0.39 is 5.82 Å². The Kier molecular flexibility index (Phi) is 7.27. The molecular formula is C28H28FN3O3. The molecule has 2 N–H and O–H groups in total. The predicted molar refractivity (Wildman–Crippen MR) is 136 cm³/mol. The van der Waals surface area contributed by atoms with Crippen LogP contribution in [0.4, 0.5) is 15.8 Å². The molecule has 7 heteroatoms. The number of nitrogens with one attached hydrogen (secondary N) is 2. The summed E-state index contributed by atoms with van der Waals surface area (Å²) in [5, 5.41) is 6.17. The zero-order chi connectivity index (χ0) is 24.9. The van der Waals surface area contributed by atoms with Gasteiger partial charge in [0.25, 0.3) is 5.91 Å². The van der Waals surface area contributed by atoms with Gasteiger partial charge in [0, 0.05) is 17.8 Å². The van der Waals surface area contributed by atoms with Crippen LogP contribution in [-0.2, 0) is 27.2 Å². The van der Waals surface area contributed by atoms with Crippen LogP contribution in [0, 0.1) is 5.82 Å². The average molecular weight is 474 g/mol. The lowest BCUT2D eigenvalue weighted by atomic mass is 9.98. The Labute approximate surface area is 204 Å². The maximum absolute atomic E-state index is 13.8. The van der Waals surface area contributed by atoms with E-state index in [1.54, 1.807) is 6.07 Å². The molecule has 0 unspecified atom stereocenters. The topological polar surface area (TPSA) is 70.7 Å². The molecule has 1 aliphatic heterocycles. The summed E-state index contributed by atoms with van der Waals surface area (Å²) in [6, 6.07) is 19.7. The zero-order valence-corrected chi connectivity index (χ0v) is 20.0. The van der Waals surface area contributed by atoms with Crippen LogP contribution in [0.5, 0.6) is 0 Å². The van der Waals surface area contributed by atoms with E-state index in [1.807, 2.05) is 50.5 Å². The molecule has 180 valence electrons. The molecule has 0 aromatic heterocycles. The van der Waals surface area contributed by atoms with Crippen molar-refractivity contribution in [3.05, 3.63) is 94.8 Å². The molecule has 0 saturated carbocycles. The number of anilines is 2. The van der Waals surface area contributed by atoms with Gasteiger partial charge in [-0.05, 0) is 67.5 Å². The Morgan fingerprint density at radius 3 is 2.34 bits per heavy atom. The largest absolute Gasteiger partial charge is 0.469 e. The smallest absolute Gasteiger partial charge is 0.309 e. The van der Waals surface area contributed by atoms with Gasteiger partial charge in [0.05, 0.1) is 30.5 Å². The SMILES string of the molecule is COC(=O)Cc1ccc(/C(Nc2ccc(CCN(C)C)cc2)=C2/C(=O)Nc3cc(F)ccc32)cc1. The average Bonchev–Trinajstić information content (AvgIpc) is 3.16. The van der Waals surface area contributed by atoms with Gasteiger partial charge >= 0.3 is 5.97 Å². The van der Waals surface area contributed by atoms with Gasteiger partial charge < -0.3 is 20.3 Å². The standard InChI is InChI=1S/C28H28FN3O3/c1-32(2)15-14-18-6-11-22(12-7-18)30-27(20-8-4-19(5-9-20)16-25(33)35-3)26-23-13-10-21(29)17-24(23)31-28(26)34/h4-13,17,30H,14-16H2,1-3H3,(H,31,34)/b27-26-. The van der Waals surface area contributed by atoms with Crippen molar-refractivity contribution in [2.24, 2.45) is 0 Å². The van der Waals surface area contributed by atoms with Crippen LogP contribution >= 0.6 is 0 Å². The number of nitrogens with zero attached hydrogens (tertiary/aromatic N) is 1. The van der Waals surface area contributed by atoms with Gasteiger partial charge in [0.15, 0.2) is 0 Å². The summed E-state index contributed by atoms with van der Waals surface area (Å²) in [5.74, 6) is -1.05. The number of esters is 1. The number of hydrogen-bond donors (Lipinski definition) is 2. The summed E-state index contributed by atoms with van der Waals surface area (Å²) < 4.78 is 18.5. The molecule has 1 heterocycles. The molecule has 0 spiro atoms. The van der Waals surface area contributed by atoms with Crippen LogP contribution in [0.3, 0.4) is 0 Å². The first kappa shape index (κ1) is 24.2. The van der Waals surface area contributed by atoms with Gasteiger partial charge in [-0.2, -0.15) is 0 Å². The van der Waals surface area contributed by atoms with E-state index in [4.69, 9.17) is 4.74 Å². The summed E-state index contributed by atoms with van der Waals surface area (Å²) in [6.45, 7) is 0.952. The maximum atomic E-state index is 13.8. The van der Waals surface area contributed by atoms with Crippen molar-refractivity contribution < 1.29 is 18.7 Å². The Balaban J connectivity index is 1.72. The molecule has 1 aliphatic rings. The highest BCUT2D eigenvalue weighted by Gasteiger charge is 2.29. The highest BCUT2D eigenvalue weighted by atomic mass is 19.1. The lowest BCUT2D eigenvalue weighted by Gasteiger charge is -2.16. The van der Waals surface area contributed by atoms with Crippen LogP contribution in [0.15, 0.2) is 66.7 Å². The molecule has 0 saturated heterocycles. The minimum atomic E-state index is -0.416. The van der Waals surface area contributed by atoms with Crippen molar-refractivity contribution in [3.8, 4) is 0 Å². The van der Waals surface area contributed by atoms with E-state index in [-0.39, 0.29) is 18.3 Å². The summed E-state index contributed by atoms with van der Waals surface area (Å²) in [7, 11) is 5.44. The fraction of sp³-hybridized carbons (Fsp3) is 0.214. The molecule has 0 bridgehead atoms. The number of carbonyl (C=O) groups excluding carboxylic acids is 2. The second-order valence-electron chi connectivity index (χ2n) is 8.72. The van der Waals surface area contributed by atoms with Crippen molar-refractivity contribution in [2.45, 2.75) is 12.8 Å². The highest BCUT2D eigenvalue weighted by Crippen LogP contribution is 2.38. The highest BCUT2D eigenvalue weighted by molar-refractivity contribution is 6.37. The molecule has 6 nitrogen and oxygen atoms in total. The quantitative estimate of drug-likeness (QED) is 0.370. The van der Waals surface area contributed by atoms with Crippen LogP contribution < -0.4 is 10.6 Å². The van der Waals surface area contributed by atoms with Crippen molar-refractivity contribution in [3.63, 3.8) is 0 Å². The Hall–Kier alpha value is -3.97. The third kappa shape index (κ3) is 5.75. The van der Waals surface area contributed by atoms with E-state index in [9.17, 15) is 14.0 Å². The molecule has 3 aromatic carbocycles. The number of ether oxygens (including phenoxy) is 1. The molecular weight excluding hydrogens is 445 g/mol. The van der Waals surface area contributed by atoms with Crippen LogP contribution in [-0.4, -0.2) is 44.5 Å². The molecule has 0 aliphatic carbocycles. The van der Waals surface area contributed by atoms with E-state index in [1.165, 1.54) is 24.8 Å².